The lowest BCUT2D eigenvalue weighted by atomic mass is 9.80. The van der Waals surface area contributed by atoms with Gasteiger partial charge in [0.05, 0.1) is 5.54 Å². The smallest absolute Gasteiger partial charge is 0.0534 e. The van der Waals surface area contributed by atoms with E-state index in [1.807, 2.05) is 0 Å². The molecular weight excluding hydrogens is 206 g/mol. The van der Waals surface area contributed by atoms with Gasteiger partial charge in [-0.1, -0.05) is 26.5 Å². The minimum Gasteiger partial charge on any atom is -0.362 e. The molecule has 1 fully saturated rings. The SMILES string of the molecule is C=C1CCCN2C1=C(C(C)C)C(C)=CC2(C)C. The lowest BCUT2D eigenvalue weighted by Gasteiger charge is -2.48. The summed E-state index contributed by atoms with van der Waals surface area (Å²) in [6.07, 6.45) is 4.82. The molecule has 0 N–H and O–H groups in total. The normalized spacial score (nSPS) is 24.0. The first-order chi connectivity index (χ1) is 7.84. The summed E-state index contributed by atoms with van der Waals surface area (Å²) in [5.74, 6) is 0.578. The molecule has 0 amide bonds. The van der Waals surface area contributed by atoms with E-state index in [1.165, 1.54) is 35.4 Å². The molecule has 1 saturated heterocycles. The molecule has 2 rings (SSSR count). The molecule has 2 aliphatic heterocycles. The van der Waals surface area contributed by atoms with E-state index in [0.717, 1.165) is 6.42 Å². The third-order valence-corrected chi connectivity index (χ3v) is 3.99. The molecule has 2 aliphatic rings. The highest BCUT2D eigenvalue weighted by molar-refractivity contribution is 5.49. The largest absolute Gasteiger partial charge is 0.362 e. The third kappa shape index (κ3) is 1.96. The zero-order chi connectivity index (χ0) is 12.8. The van der Waals surface area contributed by atoms with Crippen LogP contribution in [-0.2, 0) is 0 Å². The van der Waals surface area contributed by atoms with Gasteiger partial charge in [-0.2, -0.15) is 0 Å². The summed E-state index contributed by atoms with van der Waals surface area (Å²) in [7, 11) is 0. The molecule has 0 spiro atoms. The lowest BCUT2D eigenvalue weighted by molar-refractivity contribution is 0.191. The molecule has 0 aromatic carbocycles. The standard InChI is InChI=1S/C16H25N/c1-11(2)14-13(4)10-16(5,6)17-9-7-8-12(3)15(14)17/h10-11H,3,7-9H2,1-2,4-6H3. The molecule has 0 atom stereocenters. The van der Waals surface area contributed by atoms with Gasteiger partial charge < -0.3 is 4.90 Å². The summed E-state index contributed by atoms with van der Waals surface area (Å²) in [6, 6.07) is 0. The van der Waals surface area contributed by atoms with Crippen LogP contribution in [0.3, 0.4) is 0 Å². The number of rotatable bonds is 1. The van der Waals surface area contributed by atoms with Gasteiger partial charge in [0.15, 0.2) is 0 Å². The van der Waals surface area contributed by atoms with Crippen molar-refractivity contribution in [2.45, 2.75) is 53.0 Å². The van der Waals surface area contributed by atoms with Gasteiger partial charge in [-0.25, -0.2) is 0 Å². The fourth-order valence-electron chi connectivity index (χ4n) is 3.38. The Balaban J connectivity index is 2.59. The molecule has 0 aromatic rings. The number of piperidine rings is 1. The number of fused-ring (bicyclic) bond motifs is 1. The Morgan fingerprint density at radius 1 is 1.35 bits per heavy atom. The molecule has 2 heterocycles. The summed E-state index contributed by atoms with van der Waals surface area (Å²) < 4.78 is 0. The average Bonchev–Trinajstić information content (AvgIpc) is 2.17. The Bertz CT molecular complexity index is 407. The Morgan fingerprint density at radius 3 is 2.59 bits per heavy atom. The minimum absolute atomic E-state index is 0.140. The predicted molar refractivity (Wildman–Crippen MR) is 74.8 cm³/mol. The van der Waals surface area contributed by atoms with Gasteiger partial charge in [0.25, 0.3) is 0 Å². The Kier molecular flexibility index (Phi) is 2.97. The minimum atomic E-state index is 0.140. The molecule has 0 bridgehead atoms. The second kappa shape index (κ2) is 4.04. The Labute approximate surface area is 106 Å². The fourth-order valence-corrected chi connectivity index (χ4v) is 3.38. The van der Waals surface area contributed by atoms with Crippen LogP contribution in [-0.4, -0.2) is 17.0 Å². The summed E-state index contributed by atoms with van der Waals surface area (Å²) in [5.41, 5.74) is 5.87. The van der Waals surface area contributed by atoms with Crippen LogP contribution in [0.4, 0.5) is 0 Å². The number of hydrogen-bond acceptors (Lipinski definition) is 1. The summed E-state index contributed by atoms with van der Waals surface area (Å²) >= 11 is 0. The highest BCUT2D eigenvalue weighted by Crippen LogP contribution is 2.42. The Morgan fingerprint density at radius 2 is 2.00 bits per heavy atom. The maximum atomic E-state index is 4.30. The fraction of sp³-hybridized carbons (Fsp3) is 0.625. The topological polar surface area (TPSA) is 3.24 Å². The van der Waals surface area contributed by atoms with Crippen molar-refractivity contribution in [3.8, 4) is 0 Å². The zero-order valence-corrected chi connectivity index (χ0v) is 11.9. The quantitative estimate of drug-likeness (QED) is 0.651. The molecule has 1 nitrogen and oxygen atoms in total. The average molecular weight is 231 g/mol. The van der Waals surface area contributed by atoms with Crippen molar-refractivity contribution in [2.24, 2.45) is 5.92 Å². The van der Waals surface area contributed by atoms with Crippen molar-refractivity contribution in [3.63, 3.8) is 0 Å². The van der Waals surface area contributed by atoms with Crippen LogP contribution in [0.5, 0.6) is 0 Å². The molecule has 17 heavy (non-hydrogen) atoms. The van der Waals surface area contributed by atoms with E-state index >= 15 is 0 Å². The van der Waals surface area contributed by atoms with Gasteiger partial charge in [-0.3, -0.25) is 0 Å². The van der Waals surface area contributed by atoms with E-state index in [0.29, 0.717) is 5.92 Å². The molecule has 0 saturated carbocycles. The molecule has 94 valence electrons. The molecule has 0 aliphatic carbocycles. The van der Waals surface area contributed by atoms with Crippen LogP contribution in [0.1, 0.15) is 47.5 Å². The van der Waals surface area contributed by atoms with Crippen LogP contribution < -0.4 is 0 Å². The van der Waals surface area contributed by atoms with Crippen molar-refractivity contribution in [2.75, 3.05) is 6.54 Å². The monoisotopic (exact) mass is 231 g/mol. The van der Waals surface area contributed by atoms with Gasteiger partial charge in [-0.15, -0.1) is 0 Å². The number of nitrogens with zero attached hydrogens (tertiary/aromatic N) is 1. The van der Waals surface area contributed by atoms with Crippen LogP contribution in [0.15, 0.2) is 35.1 Å². The predicted octanol–water partition coefficient (Wildman–Crippen LogP) is 4.29. The highest BCUT2D eigenvalue weighted by atomic mass is 15.2. The molecule has 1 heteroatoms. The van der Waals surface area contributed by atoms with E-state index in [4.69, 9.17) is 0 Å². The maximum Gasteiger partial charge on any atom is 0.0534 e. The summed E-state index contributed by atoms with van der Waals surface area (Å²) in [6.45, 7) is 16.9. The molecular formula is C16H25N. The van der Waals surface area contributed by atoms with Gasteiger partial charge in [0.2, 0.25) is 0 Å². The van der Waals surface area contributed by atoms with Crippen molar-refractivity contribution in [1.82, 2.24) is 4.90 Å². The van der Waals surface area contributed by atoms with Gasteiger partial charge in [0.1, 0.15) is 0 Å². The second-order valence-electron chi connectivity index (χ2n) is 6.26. The summed E-state index contributed by atoms with van der Waals surface area (Å²) in [5, 5.41) is 0. The van der Waals surface area contributed by atoms with Crippen LogP contribution in [0.25, 0.3) is 0 Å². The van der Waals surface area contributed by atoms with E-state index in [2.05, 4.69) is 52.2 Å². The van der Waals surface area contributed by atoms with Crippen molar-refractivity contribution in [1.29, 1.82) is 0 Å². The van der Waals surface area contributed by atoms with E-state index < -0.39 is 0 Å². The summed E-state index contributed by atoms with van der Waals surface area (Å²) in [4.78, 5) is 2.56. The third-order valence-electron chi connectivity index (χ3n) is 3.99. The van der Waals surface area contributed by atoms with E-state index in [-0.39, 0.29) is 5.54 Å². The van der Waals surface area contributed by atoms with E-state index in [1.54, 1.807) is 0 Å². The number of allylic oxidation sites excluding steroid dienone is 3. The molecule has 0 radical (unpaired) electrons. The van der Waals surface area contributed by atoms with Gasteiger partial charge >= 0.3 is 0 Å². The first kappa shape index (κ1) is 12.5. The van der Waals surface area contributed by atoms with Crippen molar-refractivity contribution < 1.29 is 0 Å². The first-order valence-electron chi connectivity index (χ1n) is 6.74. The second-order valence-corrected chi connectivity index (χ2v) is 6.26. The van der Waals surface area contributed by atoms with Crippen molar-refractivity contribution >= 4 is 0 Å². The lowest BCUT2D eigenvalue weighted by Crippen LogP contribution is -2.47. The number of hydrogen-bond donors (Lipinski definition) is 0. The maximum absolute atomic E-state index is 4.30. The van der Waals surface area contributed by atoms with Crippen LogP contribution >= 0.6 is 0 Å². The zero-order valence-electron chi connectivity index (χ0n) is 11.9. The molecule has 0 aromatic heterocycles. The van der Waals surface area contributed by atoms with E-state index in [9.17, 15) is 0 Å². The van der Waals surface area contributed by atoms with Crippen LogP contribution in [0.2, 0.25) is 0 Å². The van der Waals surface area contributed by atoms with Gasteiger partial charge in [0, 0.05) is 12.2 Å². The van der Waals surface area contributed by atoms with Crippen LogP contribution in [0, 0.1) is 5.92 Å². The molecule has 0 unspecified atom stereocenters. The Hall–Kier alpha value is -0.980. The van der Waals surface area contributed by atoms with Gasteiger partial charge in [-0.05, 0) is 56.3 Å². The first-order valence-corrected chi connectivity index (χ1v) is 6.74. The van der Waals surface area contributed by atoms with Crippen molar-refractivity contribution in [3.05, 3.63) is 35.1 Å². The highest BCUT2D eigenvalue weighted by Gasteiger charge is 2.36.